The van der Waals surface area contributed by atoms with Gasteiger partial charge in [-0.15, -0.1) is 11.3 Å². The van der Waals surface area contributed by atoms with Gasteiger partial charge in [-0.2, -0.15) is 0 Å². The molecule has 0 saturated carbocycles. The van der Waals surface area contributed by atoms with Gasteiger partial charge in [0.2, 0.25) is 0 Å². The van der Waals surface area contributed by atoms with Crippen LogP contribution in [-0.2, 0) is 0 Å². The Morgan fingerprint density at radius 3 is 2.94 bits per heavy atom. The first kappa shape index (κ1) is 13.1. The van der Waals surface area contributed by atoms with E-state index in [9.17, 15) is 4.79 Å². The van der Waals surface area contributed by atoms with Crippen molar-refractivity contribution < 1.29 is 4.79 Å². The third-order valence-electron chi connectivity index (χ3n) is 3.36. The van der Waals surface area contributed by atoms with Gasteiger partial charge in [0.15, 0.2) is 0 Å². The number of hydrogen-bond acceptors (Lipinski definition) is 3. The van der Waals surface area contributed by atoms with Gasteiger partial charge in [-0.05, 0) is 60.3 Å². The highest BCUT2D eigenvalue weighted by atomic mass is 79.9. The van der Waals surface area contributed by atoms with Gasteiger partial charge < -0.3 is 10.6 Å². The zero-order chi connectivity index (χ0) is 12.4. The van der Waals surface area contributed by atoms with E-state index in [4.69, 9.17) is 5.73 Å². The fraction of sp³-hybridized carbons (Fsp3) is 0.583. The van der Waals surface area contributed by atoms with Crippen molar-refractivity contribution in [2.75, 3.05) is 13.1 Å². The van der Waals surface area contributed by atoms with E-state index in [0.29, 0.717) is 18.5 Å². The predicted molar refractivity (Wildman–Crippen MR) is 74.3 cm³/mol. The van der Waals surface area contributed by atoms with E-state index in [2.05, 4.69) is 22.9 Å². The van der Waals surface area contributed by atoms with Gasteiger partial charge in [0.25, 0.3) is 5.91 Å². The Kier molecular flexibility index (Phi) is 4.22. The first-order valence-corrected chi connectivity index (χ1v) is 7.49. The maximum atomic E-state index is 12.4. The molecule has 1 aliphatic rings. The molecule has 0 aromatic carbocycles. The Labute approximate surface area is 114 Å². The lowest BCUT2D eigenvalue weighted by atomic mass is 9.93. The average Bonchev–Trinajstić information content (AvgIpc) is 2.76. The second-order valence-corrected chi connectivity index (χ2v) is 7.05. The van der Waals surface area contributed by atoms with E-state index in [1.165, 1.54) is 11.3 Å². The molecule has 3 nitrogen and oxygen atoms in total. The Morgan fingerprint density at radius 1 is 1.59 bits per heavy atom. The number of thiophene rings is 1. The Hall–Kier alpha value is -0.390. The molecule has 94 valence electrons. The highest BCUT2D eigenvalue weighted by molar-refractivity contribution is 9.11. The lowest BCUT2D eigenvalue weighted by molar-refractivity contribution is 0.0572. The SMILES string of the molecule is CC1CCC(CN)CN1C(=O)c1ccc(Br)s1. The second kappa shape index (κ2) is 5.50. The largest absolute Gasteiger partial charge is 0.335 e. The molecule has 5 heteroatoms. The minimum atomic E-state index is 0.145. The van der Waals surface area contributed by atoms with E-state index in [0.717, 1.165) is 28.0 Å². The maximum absolute atomic E-state index is 12.4. The van der Waals surface area contributed by atoms with Crippen LogP contribution in [0.1, 0.15) is 29.4 Å². The molecular weight excluding hydrogens is 300 g/mol. The highest BCUT2D eigenvalue weighted by Crippen LogP contribution is 2.27. The number of carbonyl (C=O) groups excluding carboxylic acids is 1. The quantitative estimate of drug-likeness (QED) is 0.911. The van der Waals surface area contributed by atoms with E-state index in [1.807, 2.05) is 17.0 Å². The third kappa shape index (κ3) is 2.89. The fourth-order valence-corrected chi connectivity index (χ4v) is 3.57. The summed E-state index contributed by atoms with van der Waals surface area (Å²) in [4.78, 5) is 15.1. The summed E-state index contributed by atoms with van der Waals surface area (Å²) in [7, 11) is 0. The first-order valence-electron chi connectivity index (χ1n) is 5.88. The molecule has 0 aliphatic carbocycles. The molecule has 0 radical (unpaired) electrons. The molecule has 2 atom stereocenters. The van der Waals surface area contributed by atoms with Gasteiger partial charge in [-0.1, -0.05) is 0 Å². The summed E-state index contributed by atoms with van der Waals surface area (Å²) in [5, 5.41) is 0. The number of halogens is 1. The molecular formula is C12H17BrN2OS. The zero-order valence-electron chi connectivity index (χ0n) is 9.86. The Bertz CT molecular complexity index is 407. The molecule has 2 unspecified atom stereocenters. The molecule has 1 aromatic heterocycles. The van der Waals surface area contributed by atoms with E-state index < -0.39 is 0 Å². The van der Waals surface area contributed by atoms with Gasteiger partial charge in [-0.25, -0.2) is 0 Å². The van der Waals surface area contributed by atoms with Crippen LogP contribution in [0.15, 0.2) is 15.9 Å². The number of rotatable bonds is 2. The zero-order valence-corrected chi connectivity index (χ0v) is 12.3. The normalized spacial score (nSPS) is 25.0. The van der Waals surface area contributed by atoms with Crippen LogP contribution < -0.4 is 5.73 Å². The van der Waals surface area contributed by atoms with Crippen LogP contribution in [0.2, 0.25) is 0 Å². The molecule has 1 aliphatic heterocycles. The molecule has 2 rings (SSSR count). The van der Waals surface area contributed by atoms with E-state index >= 15 is 0 Å². The van der Waals surface area contributed by atoms with Gasteiger partial charge in [0, 0.05) is 12.6 Å². The summed E-state index contributed by atoms with van der Waals surface area (Å²) >= 11 is 4.89. The lowest BCUT2D eigenvalue weighted by Crippen LogP contribution is -2.46. The summed E-state index contributed by atoms with van der Waals surface area (Å²) < 4.78 is 1.00. The predicted octanol–water partition coefficient (Wildman–Crippen LogP) is 2.71. The van der Waals surface area contributed by atoms with Gasteiger partial charge in [0.1, 0.15) is 0 Å². The van der Waals surface area contributed by atoms with Crippen molar-refractivity contribution in [1.29, 1.82) is 0 Å². The highest BCUT2D eigenvalue weighted by Gasteiger charge is 2.29. The summed E-state index contributed by atoms with van der Waals surface area (Å²) in [6.45, 7) is 3.59. The summed E-state index contributed by atoms with van der Waals surface area (Å²) in [6, 6.07) is 4.13. The minimum Gasteiger partial charge on any atom is -0.335 e. The molecule has 1 aromatic rings. The minimum absolute atomic E-state index is 0.145. The summed E-state index contributed by atoms with van der Waals surface area (Å²) in [6.07, 6.45) is 2.19. The van der Waals surface area contributed by atoms with Crippen LogP contribution in [-0.4, -0.2) is 29.9 Å². The number of nitrogens with two attached hydrogens (primary N) is 1. The maximum Gasteiger partial charge on any atom is 0.264 e. The number of piperidine rings is 1. The van der Waals surface area contributed by atoms with E-state index in [1.54, 1.807) is 0 Å². The van der Waals surface area contributed by atoms with Crippen molar-refractivity contribution in [3.8, 4) is 0 Å². The molecule has 1 saturated heterocycles. The Balaban J connectivity index is 2.12. The fourth-order valence-electron chi connectivity index (χ4n) is 2.23. The topological polar surface area (TPSA) is 46.3 Å². The molecule has 1 fully saturated rings. The van der Waals surface area contributed by atoms with Crippen molar-refractivity contribution in [3.05, 3.63) is 20.8 Å². The van der Waals surface area contributed by atoms with Crippen molar-refractivity contribution in [2.24, 2.45) is 11.7 Å². The molecule has 1 amide bonds. The number of likely N-dealkylation sites (tertiary alicyclic amines) is 1. The monoisotopic (exact) mass is 316 g/mol. The van der Waals surface area contributed by atoms with E-state index in [-0.39, 0.29) is 5.91 Å². The molecule has 2 N–H and O–H groups in total. The third-order valence-corrected chi connectivity index (χ3v) is 4.97. The van der Waals surface area contributed by atoms with Gasteiger partial charge >= 0.3 is 0 Å². The van der Waals surface area contributed by atoms with Crippen LogP contribution in [0.5, 0.6) is 0 Å². The van der Waals surface area contributed by atoms with Crippen LogP contribution in [0.25, 0.3) is 0 Å². The molecule has 0 spiro atoms. The Morgan fingerprint density at radius 2 is 2.35 bits per heavy atom. The van der Waals surface area contributed by atoms with Crippen molar-refractivity contribution in [3.63, 3.8) is 0 Å². The van der Waals surface area contributed by atoms with Crippen LogP contribution >= 0.6 is 27.3 Å². The number of nitrogens with zero attached hydrogens (tertiary/aromatic N) is 1. The lowest BCUT2D eigenvalue weighted by Gasteiger charge is -2.37. The van der Waals surface area contributed by atoms with Crippen molar-refractivity contribution in [2.45, 2.75) is 25.8 Å². The molecule has 2 heterocycles. The average molecular weight is 317 g/mol. The van der Waals surface area contributed by atoms with Crippen LogP contribution in [0.4, 0.5) is 0 Å². The second-order valence-electron chi connectivity index (χ2n) is 4.59. The van der Waals surface area contributed by atoms with Gasteiger partial charge in [-0.3, -0.25) is 4.79 Å². The first-order chi connectivity index (χ1) is 8.11. The number of carbonyl (C=O) groups is 1. The van der Waals surface area contributed by atoms with Crippen LogP contribution in [0.3, 0.4) is 0 Å². The number of hydrogen-bond donors (Lipinski definition) is 1. The van der Waals surface area contributed by atoms with Crippen molar-refractivity contribution in [1.82, 2.24) is 4.90 Å². The summed E-state index contributed by atoms with van der Waals surface area (Å²) in [5.74, 6) is 0.602. The van der Waals surface area contributed by atoms with Crippen LogP contribution in [0, 0.1) is 5.92 Å². The molecule has 17 heavy (non-hydrogen) atoms. The summed E-state index contributed by atoms with van der Waals surface area (Å²) in [5.41, 5.74) is 5.71. The van der Waals surface area contributed by atoms with Gasteiger partial charge in [0.05, 0.1) is 8.66 Å². The smallest absolute Gasteiger partial charge is 0.264 e. The standard InChI is InChI=1S/C12H17BrN2OS/c1-8-2-3-9(6-14)7-15(8)12(16)10-4-5-11(13)17-10/h4-5,8-9H,2-3,6-7,14H2,1H3. The number of amides is 1. The van der Waals surface area contributed by atoms with Crippen molar-refractivity contribution >= 4 is 33.2 Å². The molecule has 0 bridgehead atoms.